The molecule has 0 saturated carbocycles. The predicted octanol–water partition coefficient (Wildman–Crippen LogP) is 0.451. The van der Waals surface area contributed by atoms with Crippen molar-refractivity contribution in [2.75, 3.05) is 13.6 Å². The van der Waals surface area contributed by atoms with Crippen LogP contribution in [0.15, 0.2) is 23.5 Å². The van der Waals surface area contributed by atoms with Gasteiger partial charge in [0.05, 0.1) is 6.54 Å². The Labute approximate surface area is 115 Å². The van der Waals surface area contributed by atoms with Gasteiger partial charge in [-0.3, -0.25) is 0 Å². The molecular weight excluding hydrogens is 262 g/mol. The molecule has 0 aromatic carbocycles. The number of pyridine rings is 1. The number of nitrogens with one attached hydrogen (secondary N) is 1. The summed E-state index contributed by atoms with van der Waals surface area (Å²) in [5.41, 5.74) is 1.45. The number of hydrogen-bond acceptors (Lipinski definition) is 7. The van der Waals surface area contributed by atoms with Crippen molar-refractivity contribution >= 4 is 11.8 Å². The van der Waals surface area contributed by atoms with Gasteiger partial charge < -0.3 is 5.32 Å². The summed E-state index contributed by atoms with van der Waals surface area (Å²) in [7, 11) is 1.89. The highest BCUT2D eigenvalue weighted by Gasteiger charge is 2.07. The van der Waals surface area contributed by atoms with Gasteiger partial charge in [0.15, 0.2) is 0 Å². The molecule has 0 atom stereocenters. The first kappa shape index (κ1) is 13.5. The molecule has 2 rings (SSSR count). The summed E-state index contributed by atoms with van der Waals surface area (Å²) in [4.78, 5) is 3.94. The van der Waals surface area contributed by atoms with E-state index in [1.54, 1.807) is 16.9 Å². The maximum absolute atomic E-state index is 8.79. The highest BCUT2D eigenvalue weighted by Crippen LogP contribution is 2.19. The largest absolute Gasteiger partial charge is 0.318 e. The number of likely N-dealkylation sites (N-methyl/N-ethyl adjacent to an activating group) is 1. The number of tetrazole rings is 1. The van der Waals surface area contributed by atoms with Gasteiger partial charge in [0.1, 0.15) is 11.8 Å². The van der Waals surface area contributed by atoms with E-state index in [4.69, 9.17) is 5.26 Å². The van der Waals surface area contributed by atoms with Crippen molar-refractivity contribution < 1.29 is 0 Å². The van der Waals surface area contributed by atoms with E-state index in [1.807, 2.05) is 19.2 Å². The van der Waals surface area contributed by atoms with Crippen LogP contribution in [0, 0.1) is 11.3 Å². The molecule has 0 amide bonds. The maximum atomic E-state index is 8.79. The molecule has 0 aliphatic rings. The van der Waals surface area contributed by atoms with Crippen molar-refractivity contribution in [3.8, 4) is 6.07 Å². The molecule has 0 aliphatic carbocycles. The molecule has 0 fully saturated rings. The molecule has 1 N–H and O–H groups in total. The van der Waals surface area contributed by atoms with Crippen LogP contribution in [0.2, 0.25) is 0 Å². The van der Waals surface area contributed by atoms with Gasteiger partial charge in [0, 0.05) is 18.5 Å². The van der Waals surface area contributed by atoms with E-state index < -0.39 is 0 Å². The smallest absolute Gasteiger partial charge is 0.209 e. The zero-order valence-electron chi connectivity index (χ0n) is 10.4. The molecule has 0 radical (unpaired) electrons. The lowest BCUT2D eigenvalue weighted by molar-refractivity contribution is 0.530. The average Bonchev–Trinajstić information content (AvgIpc) is 2.90. The van der Waals surface area contributed by atoms with Gasteiger partial charge in [0.2, 0.25) is 5.16 Å². The van der Waals surface area contributed by atoms with Gasteiger partial charge in [-0.05, 0) is 35.2 Å². The molecule has 2 aromatic rings. The Morgan fingerprint density at radius 2 is 2.42 bits per heavy atom. The first-order chi connectivity index (χ1) is 9.33. The summed E-state index contributed by atoms with van der Waals surface area (Å²) in [5, 5.41) is 24.2. The fourth-order valence-electron chi connectivity index (χ4n) is 1.43. The molecule has 0 unspecified atom stereocenters. The summed E-state index contributed by atoms with van der Waals surface area (Å²) >= 11 is 1.54. The lowest BCUT2D eigenvalue weighted by Gasteiger charge is -2.03. The first-order valence-corrected chi connectivity index (χ1v) is 6.70. The minimum absolute atomic E-state index is 0.424. The minimum atomic E-state index is 0.424. The summed E-state index contributed by atoms with van der Waals surface area (Å²) in [5.74, 6) is 0.705. The lowest BCUT2D eigenvalue weighted by atomic mass is 10.2. The summed E-state index contributed by atoms with van der Waals surface area (Å²) < 4.78 is 1.76. The molecule has 2 heterocycles. The molecule has 98 valence electrons. The third kappa shape index (κ3) is 3.74. The van der Waals surface area contributed by atoms with Crippen molar-refractivity contribution in [2.45, 2.75) is 17.5 Å². The van der Waals surface area contributed by atoms with Crippen molar-refractivity contribution in [3.05, 3.63) is 29.6 Å². The van der Waals surface area contributed by atoms with E-state index in [0.29, 0.717) is 11.4 Å². The van der Waals surface area contributed by atoms with E-state index in [1.165, 1.54) is 11.8 Å². The van der Waals surface area contributed by atoms with E-state index in [9.17, 15) is 0 Å². The number of nitrogens with zero attached hydrogens (tertiary/aromatic N) is 6. The Morgan fingerprint density at radius 1 is 1.53 bits per heavy atom. The minimum Gasteiger partial charge on any atom is -0.318 e. The van der Waals surface area contributed by atoms with Crippen LogP contribution in [0.5, 0.6) is 0 Å². The molecule has 0 saturated heterocycles. The van der Waals surface area contributed by atoms with Gasteiger partial charge >= 0.3 is 0 Å². The maximum Gasteiger partial charge on any atom is 0.209 e. The molecule has 0 aliphatic heterocycles. The second kappa shape index (κ2) is 6.82. The van der Waals surface area contributed by atoms with Crippen LogP contribution < -0.4 is 5.32 Å². The van der Waals surface area contributed by atoms with Crippen LogP contribution in [0.3, 0.4) is 0 Å². The Bertz CT molecular complexity index is 574. The molecule has 2 aromatic heterocycles. The number of rotatable bonds is 6. The highest BCUT2D eigenvalue weighted by molar-refractivity contribution is 7.98. The van der Waals surface area contributed by atoms with Crippen LogP contribution in [0.25, 0.3) is 0 Å². The van der Waals surface area contributed by atoms with Gasteiger partial charge in [-0.25, -0.2) is 9.67 Å². The van der Waals surface area contributed by atoms with Crippen molar-refractivity contribution in [3.63, 3.8) is 0 Å². The SMILES string of the molecule is CNCCn1nnnc1SCc1ccnc(C#N)c1. The first-order valence-electron chi connectivity index (χ1n) is 5.72. The van der Waals surface area contributed by atoms with E-state index >= 15 is 0 Å². The zero-order chi connectivity index (χ0) is 13.5. The Kier molecular flexibility index (Phi) is 4.83. The van der Waals surface area contributed by atoms with Gasteiger partial charge in [-0.15, -0.1) is 5.10 Å². The fraction of sp³-hybridized carbons (Fsp3) is 0.364. The van der Waals surface area contributed by atoms with Crippen molar-refractivity contribution in [1.82, 2.24) is 30.5 Å². The summed E-state index contributed by atoms with van der Waals surface area (Å²) in [6.45, 7) is 1.54. The fourth-order valence-corrected chi connectivity index (χ4v) is 2.28. The van der Waals surface area contributed by atoms with Gasteiger partial charge in [-0.2, -0.15) is 5.26 Å². The predicted molar refractivity (Wildman–Crippen MR) is 70.3 cm³/mol. The summed E-state index contributed by atoms with van der Waals surface area (Å²) in [6.07, 6.45) is 1.64. The van der Waals surface area contributed by atoms with Crippen LogP contribution in [0.1, 0.15) is 11.3 Å². The third-order valence-corrected chi connectivity index (χ3v) is 3.41. The number of aromatic nitrogens is 5. The van der Waals surface area contributed by atoms with E-state index in [2.05, 4.69) is 25.8 Å². The number of hydrogen-bond donors (Lipinski definition) is 1. The highest BCUT2D eigenvalue weighted by atomic mass is 32.2. The number of nitriles is 1. The van der Waals surface area contributed by atoms with Crippen LogP contribution >= 0.6 is 11.8 Å². The zero-order valence-corrected chi connectivity index (χ0v) is 11.3. The second-order valence-electron chi connectivity index (χ2n) is 3.74. The lowest BCUT2D eigenvalue weighted by Crippen LogP contribution is -2.16. The quantitative estimate of drug-likeness (QED) is 0.765. The van der Waals surface area contributed by atoms with Crippen LogP contribution in [-0.2, 0) is 12.3 Å². The summed E-state index contributed by atoms with van der Waals surface area (Å²) in [6, 6.07) is 5.68. The second-order valence-corrected chi connectivity index (χ2v) is 4.68. The van der Waals surface area contributed by atoms with E-state index in [-0.39, 0.29) is 0 Å². The van der Waals surface area contributed by atoms with Crippen molar-refractivity contribution in [1.29, 1.82) is 5.26 Å². The molecule has 7 nitrogen and oxygen atoms in total. The van der Waals surface area contributed by atoms with Crippen LogP contribution in [-0.4, -0.2) is 38.8 Å². The van der Waals surface area contributed by atoms with Gasteiger partial charge in [0.25, 0.3) is 0 Å². The number of thioether (sulfide) groups is 1. The third-order valence-electron chi connectivity index (χ3n) is 2.38. The van der Waals surface area contributed by atoms with Gasteiger partial charge in [-0.1, -0.05) is 11.8 Å². The topological polar surface area (TPSA) is 92.3 Å². The average molecular weight is 275 g/mol. The normalized spacial score (nSPS) is 10.3. The molecular formula is C11H13N7S. The standard InChI is InChI=1S/C11H13N7S/c1-13-4-5-18-11(15-16-17-18)19-8-9-2-3-14-10(6-9)7-12/h2-3,6,13H,4-5,8H2,1H3. The Hall–Kier alpha value is -1.98. The molecule has 0 spiro atoms. The molecule has 19 heavy (non-hydrogen) atoms. The van der Waals surface area contributed by atoms with Crippen LogP contribution in [0.4, 0.5) is 0 Å². The van der Waals surface area contributed by atoms with Crippen molar-refractivity contribution in [2.24, 2.45) is 0 Å². The molecule has 8 heteroatoms. The van der Waals surface area contributed by atoms with E-state index in [0.717, 1.165) is 23.8 Å². The Morgan fingerprint density at radius 3 is 3.21 bits per heavy atom. The Balaban J connectivity index is 1.98. The monoisotopic (exact) mass is 275 g/mol. The molecule has 0 bridgehead atoms.